The lowest BCUT2D eigenvalue weighted by molar-refractivity contribution is -0.157. The molecule has 4 unspecified atom stereocenters. The molecule has 0 bridgehead atoms. The Hall–Kier alpha value is -0.750. The Bertz CT molecular complexity index is 628. The van der Waals surface area contributed by atoms with Crippen molar-refractivity contribution in [2.24, 2.45) is 34.5 Å². The SMILES string of the molecule is C[C@]12C(=CCC3C1CC[C@@]1(C)C3CC[C@@H]1C(=O)C(O)O)C[C@H](O)CC2O. The topological polar surface area (TPSA) is 98.0 Å². The zero-order valence-corrected chi connectivity index (χ0v) is 15.8. The van der Waals surface area contributed by atoms with Gasteiger partial charge >= 0.3 is 0 Å². The van der Waals surface area contributed by atoms with E-state index in [-0.39, 0.29) is 16.7 Å². The normalized spacial score (nSPS) is 50.7. The Morgan fingerprint density at radius 3 is 2.58 bits per heavy atom. The van der Waals surface area contributed by atoms with E-state index in [9.17, 15) is 25.2 Å². The summed E-state index contributed by atoms with van der Waals surface area (Å²) in [6.45, 7) is 4.33. The van der Waals surface area contributed by atoms with Gasteiger partial charge in [-0.2, -0.15) is 0 Å². The van der Waals surface area contributed by atoms with Gasteiger partial charge in [-0.15, -0.1) is 0 Å². The molecule has 3 saturated carbocycles. The van der Waals surface area contributed by atoms with E-state index in [2.05, 4.69) is 19.9 Å². The van der Waals surface area contributed by atoms with Gasteiger partial charge < -0.3 is 20.4 Å². The monoisotopic (exact) mass is 364 g/mol. The second kappa shape index (κ2) is 6.13. The summed E-state index contributed by atoms with van der Waals surface area (Å²) in [5.74, 6) is 0.469. The Morgan fingerprint density at radius 1 is 1.15 bits per heavy atom. The van der Waals surface area contributed by atoms with Crippen molar-refractivity contribution in [1.82, 2.24) is 0 Å². The molecule has 0 spiro atoms. The van der Waals surface area contributed by atoms with Crippen LogP contribution >= 0.6 is 0 Å². The summed E-state index contributed by atoms with van der Waals surface area (Å²) < 4.78 is 0. The van der Waals surface area contributed by atoms with Gasteiger partial charge in [0.2, 0.25) is 6.29 Å². The lowest BCUT2D eigenvalue weighted by atomic mass is 9.46. The molecule has 0 aliphatic heterocycles. The number of Topliss-reactive ketones (excluding diaryl/α,β-unsaturated/α-hetero) is 1. The van der Waals surface area contributed by atoms with Crippen molar-refractivity contribution in [3.05, 3.63) is 11.6 Å². The van der Waals surface area contributed by atoms with E-state index < -0.39 is 24.3 Å². The highest BCUT2D eigenvalue weighted by Gasteiger charge is 2.61. The molecule has 0 saturated heterocycles. The summed E-state index contributed by atoms with van der Waals surface area (Å²) in [4.78, 5) is 12.4. The van der Waals surface area contributed by atoms with Crippen LogP contribution in [0.2, 0.25) is 0 Å². The number of rotatable bonds is 2. The zero-order valence-electron chi connectivity index (χ0n) is 15.8. The van der Waals surface area contributed by atoms with Crippen LogP contribution < -0.4 is 0 Å². The van der Waals surface area contributed by atoms with Crippen molar-refractivity contribution in [3.8, 4) is 0 Å². The Balaban J connectivity index is 1.66. The molecule has 26 heavy (non-hydrogen) atoms. The van der Waals surface area contributed by atoms with E-state index in [1.807, 2.05) is 0 Å². The number of aliphatic hydroxyl groups excluding tert-OH is 3. The van der Waals surface area contributed by atoms with Crippen LogP contribution in [0.25, 0.3) is 0 Å². The summed E-state index contributed by atoms with van der Waals surface area (Å²) in [5, 5.41) is 39.8. The number of ketones is 1. The van der Waals surface area contributed by atoms with Gasteiger partial charge in [0.05, 0.1) is 12.2 Å². The summed E-state index contributed by atoms with van der Waals surface area (Å²) in [6, 6.07) is 0. The molecule has 0 radical (unpaired) electrons. The van der Waals surface area contributed by atoms with Gasteiger partial charge in [-0.3, -0.25) is 4.79 Å². The van der Waals surface area contributed by atoms with Crippen molar-refractivity contribution in [2.45, 2.75) is 77.3 Å². The fourth-order valence-corrected chi connectivity index (χ4v) is 7.35. The molecule has 0 amide bonds. The van der Waals surface area contributed by atoms with Crippen LogP contribution in [-0.4, -0.2) is 44.7 Å². The van der Waals surface area contributed by atoms with E-state index >= 15 is 0 Å². The quantitative estimate of drug-likeness (QED) is 0.442. The van der Waals surface area contributed by atoms with E-state index in [0.29, 0.717) is 30.6 Å². The fraction of sp³-hybridized carbons (Fsp3) is 0.857. The number of carbonyl (C=O) groups excluding carboxylic acids is 1. The van der Waals surface area contributed by atoms with Gasteiger partial charge in [-0.25, -0.2) is 0 Å². The maximum absolute atomic E-state index is 12.4. The van der Waals surface area contributed by atoms with Gasteiger partial charge in [0.25, 0.3) is 0 Å². The van der Waals surface area contributed by atoms with Crippen molar-refractivity contribution in [1.29, 1.82) is 0 Å². The first kappa shape index (κ1) is 18.6. The molecule has 0 aromatic carbocycles. The largest absolute Gasteiger partial charge is 0.393 e. The molecule has 146 valence electrons. The first-order chi connectivity index (χ1) is 12.2. The number of carbonyl (C=O) groups is 1. The molecule has 0 aromatic rings. The molecular formula is C21H32O5. The summed E-state index contributed by atoms with van der Waals surface area (Å²) in [5.41, 5.74) is 0.759. The van der Waals surface area contributed by atoms with Crippen LogP contribution in [0.15, 0.2) is 11.6 Å². The minimum absolute atomic E-state index is 0.178. The molecule has 5 heteroatoms. The van der Waals surface area contributed by atoms with Crippen molar-refractivity contribution in [3.63, 3.8) is 0 Å². The van der Waals surface area contributed by atoms with E-state index in [1.165, 1.54) is 5.57 Å². The first-order valence-electron chi connectivity index (χ1n) is 10.1. The Labute approximate surface area is 155 Å². The second-order valence-corrected chi connectivity index (χ2v) is 9.68. The maximum atomic E-state index is 12.4. The highest BCUT2D eigenvalue weighted by atomic mass is 16.5. The zero-order chi connectivity index (χ0) is 18.9. The van der Waals surface area contributed by atoms with Crippen LogP contribution in [0.1, 0.15) is 58.8 Å². The van der Waals surface area contributed by atoms with Crippen LogP contribution in [-0.2, 0) is 4.79 Å². The van der Waals surface area contributed by atoms with Gasteiger partial charge in [0, 0.05) is 17.8 Å². The Kier molecular flexibility index (Phi) is 4.39. The first-order valence-corrected chi connectivity index (χ1v) is 10.1. The van der Waals surface area contributed by atoms with Crippen molar-refractivity contribution < 1.29 is 25.2 Å². The standard InChI is InChI=1S/C21H32O5/c1-20-8-7-15-13(14(20)5-6-16(20)18(24)19(25)26)4-3-11-9-12(22)10-17(23)21(11,15)2/h3,12-17,19,22-23,25-26H,4-10H2,1-2H3/t12-,13?,14?,15?,16+,17?,20-,21-/m0/s1. The number of hydrogen-bond donors (Lipinski definition) is 4. The molecule has 4 aliphatic carbocycles. The molecular weight excluding hydrogens is 332 g/mol. The lowest BCUT2D eigenvalue weighted by Crippen LogP contribution is -2.56. The minimum Gasteiger partial charge on any atom is -0.393 e. The smallest absolute Gasteiger partial charge is 0.213 e. The van der Waals surface area contributed by atoms with Crippen LogP contribution in [0.5, 0.6) is 0 Å². The van der Waals surface area contributed by atoms with Gasteiger partial charge in [0.1, 0.15) is 0 Å². The molecule has 0 aromatic heterocycles. The van der Waals surface area contributed by atoms with Crippen LogP contribution in [0.4, 0.5) is 0 Å². The van der Waals surface area contributed by atoms with E-state index in [1.54, 1.807) is 0 Å². The van der Waals surface area contributed by atoms with E-state index in [4.69, 9.17) is 0 Å². The summed E-state index contributed by atoms with van der Waals surface area (Å²) in [7, 11) is 0. The highest BCUT2D eigenvalue weighted by Crippen LogP contribution is 2.66. The Morgan fingerprint density at radius 2 is 1.88 bits per heavy atom. The van der Waals surface area contributed by atoms with Crippen molar-refractivity contribution in [2.75, 3.05) is 0 Å². The van der Waals surface area contributed by atoms with E-state index in [0.717, 1.165) is 32.1 Å². The number of hydrogen-bond acceptors (Lipinski definition) is 5. The predicted molar refractivity (Wildman–Crippen MR) is 95.8 cm³/mol. The molecule has 3 fully saturated rings. The maximum Gasteiger partial charge on any atom is 0.213 e. The molecule has 4 aliphatic rings. The number of allylic oxidation sites excluding steroid dienone is 1. The van der Waals surface area contributed by atoms with Crippen LogP contribution in [0.3, 0.4) is 0 Å². The van der Waals surface area contributed by atoms with Gasteiger partial charge in [-0.05, 0) is 61.7 Å². The fourth-order valence-electron chi connectivity index (χ4n) is 7.35. The number of aliphatic hydroxyl groups is 4. The third-order valence-electron chi connectivity index (χ3n) is 8.78. The molecule has 4 N–H and O–H groups in total. The summed E-state index contributed by atoms with van der Waals surface area (Å²) >= 11 is 0. The highest BCUT2D eigenvalue weighted by molar-refractivity contribution is 5.84. The molecule has 5 nitrogen and oxygen atoms in total. The third-order valence-corrected chi connectivity index (χ3v) is 8.78. The minimum atomic E-state index is -1.87. The molecule has 4 rings (SSSR count). The van der Waals surface area contributed by atoms with Gasteiger partial charge in [-0.1, -0.05) is 25.5 Å². The predicted octanol–water partition coefficient (Wildman–Crippen LogP) is 1.78. The van der Waals surface area contributed by atoms with Crippen molar-refractivity contribution >= 4 is 5.78 Å². The number of fused-ring (bicyclic) bond motifs is 5. The second-order valence-electron chi connectivity index (χ2n) is 9.68. The van der Waals surface area contributed by atoms with Gasteiger partial charge in [0.15, 0.2) is 5.78 Å². The lowest BCUT2D eigenvalue weighted by Gasteiger charge is -2.59. The summed E-state index contributed by atoms with van der Waals surface area (Å²) in [6.07, 6.45) is 4.96. The average molecular weight is 364 g/mol. The molecule has 0 heterocycles. The molecule has 8 atom stereocenters. The third kappa shape index (κ3) is 2.40. The van der Waals surface area contributed by atoms with Crippen LogP contribution in [0, 0.1) is 34.5 Å². The average Bonchev–Trinajstić information content (AvgIpc) is 2.92.